The maximum atomic E-state index is 12.2. The summed E-state index contributed by atoms with van der Waals surface area (Å²) in [5.41, 5.74) is 2.27. The molecule has 1 atom stereocenters. The minimum absolute atomic E-state index is 0.171. The third-order valence-corrected chi connectivity index (χ3v) is 5.85. The first-order chi connectivity index (χ1) is 11.5. The van der Waals surface area contributed by atoms with Gasteiger partial charge in [-0.3, -0.25) is 0 Å². The van der Waals surface area contributed by atoms with Crippen LogP contribution in [0.15, 0.2) is 23.2 Å². The maximum Gasteiger partial charge on any atom is 0.341 e. The Morgan fingerprint density at radius 2 is 2.29 bits per heavy atom. The Balaban J connectivity index is 2.02. The lowest BCUT2D eigenvalue weighted by atomic mass is 10.0. The number of esters is 1. The Kier molecular flexibility index (Phi) is 5.21. The van der Waals surface area contributed by atoms with Crippen LogP contribution in [0.5, 0.6) is 5.75 Å². The molecule has 2 aromatic rings. The van der Waals surface area contributed by atoms with Crippen LogP contribution in [-0.4, -0.2) is 38.0 Å². The molecule has 0 saturated carbocycles. The number of thiophene rings is 1. The van der Waals surface area contributed by atoms with Crippen molar-refractivity contribution in [3.63, 3.8) is 0 Å². The zero-order valence-corrected chi connectivity index (χ0v) is 16.4. The first-order valence-corrected chi connectivity index (χ1v) is 9.46. The van der Waals surface area contributed by atoms with Gasteiger partial charge in [0.05, 0.1) is 25.6 Å². The minimum atomic E-state index is -0.342. The van der Waals surface area contributed by atoms with Crippen molar-refractivity contribution in [2.24, 2.45) is 4.99 Å². The largest absolute Gasteiger partial charge is 0.507 e. The first kappa shape index (κ1) is 17.4. The zero-order valence-electron chi connectivity index (χ0n) is 13.4. The van der Waals surface area contributed by atoms with Crippen molar-refractivity contribution >= 4 is 51.1 Å². The van der Waals surface area contributed by atoms with E-state index >= 15 is 0 Å². The number of fused-ring (bicyclic) bond motifs is 1. The number of hydrogen-bond acceptors (Lipinski definition) is 5. The van der Waals surface area contributed by atoms with Gasteiger partial charge in [-0.25, -0.2) is 9.79 Å². The molecule has 0 spiro atoms. The van der Waals surface area contributed by atoms with Crippen LogP contribution in [0.3, 0.4) is 0 Å². The highest BCUT2D eigenvalue weighted by Crippen LogP contribution is 2.37. The molecule has 0 bridgehead atoms. The predicted molar refractivity (Wildman–Crippen MR) is 103 cm³/mol. The Hall–Kier alpha value is -1.45. The number of ether oxygens (including phenoxy) is 1. The summed E-state index contributed by atoms with van der Waals surface area (Å²) < 4.78 is 5.97. The molecule has 2 N–H and O–H groups in total. The number of rotatable bonds is 3. The molecule has 1 aromatic carbocycles. The molecule has 0 saturated heterocycles. The van der Waals surface area contributed by atoms with Gasteiger partial charge in [0.1, 0.15) is 22.9 Å². The third kappa shape index (κ3) is 3.47. The minimum Gasteiger partial charge on any atom is -0.507 e. The van der Waals surface area contributed by atoms with Crippen LogP contribution < -0.4 is 4.90 Å². The van der Waals surface area contributed by atoms with E-state index in [1.165, 1.54) is 28.2 Å². The third-order valence-electron chi connectivity index (χ3n) is 4.04. The lowest BCUT2D eigenvalue weighted by Crippen LogP contribution is -3.08. The summed E-state index contributed by atoms with van der Waals surface area (Å²) in [6.07, 6.45) is 2.46. The second-order valence-electron chi connectivity index (χ2n) is 5.77. The number of halogens is 1. The van der Waals surface area contributed by atoms with Crippen LogP contribution in [-0.2, 0) is 17.7 Å². The molecular formula is C17H18IN2O3S+. The Morgan fingerprint density at radius 3 is 3.04 bits per heavy atom. The number of hydrogen-bond donors (Lipinski definition) is 2. The van der Waals surface area contributed by atoms with E-state index in [1.54, 1.807) is 12.3 Å². The molecule has 1 aliphatic rings. The van der Waals surface area contributed by atoms with Gasteiger partial charge in [0, 0.05) is 21.8 Å². The number of nitrogens with zero attached hydrogens (tertiary/aromatic N) is 1. The fourth-order valence-electron chi connectivity index (χ4n) is 2.77. The van der Waals surface area contributed by atoms with E-state index in [-0.39, 0.29) is 11.7 Å². The quantitative estimate of drug-likeness (QED) is 0.422. The lowest BCUT2D eigenvalue weighted by Gasteiger charge is -2.19. The topological polar surface area (TPSA) is 63.3 Å². The summed E-state index contributed by atoms with van der Waals surface area (Å²) in [5.74, 6) is -0.171. The molecule has 5 nitrogen and oxygen atoms in total. The molecule has 3 rings (SSSR count). The van der Waals surface area contributed by atoms with Gasteiger partial charge in [-0.1, -0.05) is 0 Å². The fraction of sp³-hybridized carbons (Fsp3) is 0.294. The SMILES string of the molecule is COC(=O)c1c(/N=C/c2cc(I)ccc2O)sc2c1CC[NH+](C)C2. The number of quaternary nitrogens is 1. The van der Waals surface area contributed by atoms with E-state index in [0.717, 1.165) is 28.6 Å². The van der Waals surface area contributed by atoms with Crippen molar-refractivity contribution in [3.05, 3.63) is 43.3 Å². The van der Waals surface area contributed by atoms with Crippen molar-refractivity contribution in [1.82, 2.24) is 0 Å². The van der Waals surface area contributed by atoms with Crippen LogP contribution in [0.25, 0.3) is 0 Å². The molecule has 0 fully saturated rings. The van der Waals surface area contributed by atoms with Gasteiger partial charge in [-0.15, -0.1) is 11.3 Å². The number of likely N-dealkylation sites (N-methyl/N-ethyl adjacent to an activating group) is 1. The van der Waals surface area contributed by atoms with Gasteiger partial charge in [-0.05, 0) is 46.4 Å². The predicted octanol–water partition coefficient (Wildman–Crippen LogP) is 2.17. The number of carbonyl (C=O) groups excluding carboxylic acids is 1. The van der Waals surface area contributed by atoms with E-state index in [0.29, 0.717) is 16.1 Å². The van der Waals surface area contributed by atoms with Gasteiger partial charge < -0.3 is 14.7 Å². The van der Waals surface area contributed by atoms with Gasteiger partial charge in [0.25, 0.3) is 0 Å². The van der Waals surface area contributed by atoms with E-state index in [2.05, 4.69) is 34.6 Å². The Morgan fingerprint density at radius 1 is 1.50 bits per heavy atom. The van der Waals surface area contributed by atoms with E-state index < -0.39 is 0 Å². The van der Waals surface area contributed by atoms with Crippen LogP contribution in [0.4, 0.5) is 5.00 Å². The first-order valence-electron chi connectivity index (χ1n) is 7.56. The van der Waals surface area contributed by atoms with Gasteiger partial charge in [0.15, 0.2) is 0 Å². The number of aliphatic imine (C=N–C) groups is 1. The average molecular weight is 457 g/mol. The number of methoxy groups -OCH3 is 1. The molecule has 2 heterocycles. The van der Waals surface area contributed by atoms with Crippen molar-refractivity contribution in [2.45, 2.75) is 13.0 Å². The van der Waals surface area contributed by atoms with E-state index in [1.807, 2.05) is 12.1 Å². The van der Waals surface area contributed by atoms with Crippen LogP contribution in [0.2, 0.25) is 0 Å². The van der Waals surface area contributed by atoms with Crippen molar-refractivity contribution in [2.75, 3.05) is 20.7 Å². The monoisotopic (exact) mass is 457 g/mol. The standard InChI is InChI=1S/C17H17IN2O3S/c1-20-6-5-12-14(9-20)24-16(15(12)17(22)23-2)19-8-10-7-11(18)3-4-13(10)21/h3-4,7-8,21H,5-6,9H2,1-2H3/p+1/b19-8+. The second-order valence-corrected chi connectivity index (χ2v) is 8.10. The summed E-state index contributed by atoms with van der Waals surface area (Å²) in [6.45, 7) is 1.89. The highest BCUT2D eigenvalue weighted by Gasteiger charge is 2.29. The van der Waals surface area contributed by atoms with Crippen LogP contribution in [0.1, 0.15) is 26.4 Å². The second kappa shape index (κ2) is 7.20. The van der Waals surface area contributed by atoms with Gasteiger partial charge in [0.2, 0.25) is 0 Å². The molecule has 1 unspecified atom stereocenters. The molecule has 0 aliphatic carbocycles. The Bertz CT molecular complexity index is 816. The number of phenols is 1. The number of nitrogens with one attached hydrogen (secondary N) is 1. The number of phenolic OH excluding ortho intramolecular Hbond substituents is 1. The zero-order chi connectivity index (χ0) is 17.3. The van der Waals surface area contributed by atoms with Crippen molar-refractivity contribution in [1.29, 1.82) is 0 Å². The fourth-order valence-corrected chi connectivity index (χ4v) is 4.57. The molecule has 7 heteroatoms. The summed E-state index contributed by atoms with van der Waals surface area (Å²) in [6, 6.07) is 5.32. The molecule has 0 radical (unpaired) electrons. The highest BCUT2D eigenvalue weighted by atomic mass is 127. The molecule has 1 aromatic heterocycles. The molecule has 1 aliphatic heterocycles. The Labute approximate surface area is 158 Å². The summed E-state index contributed by atoms with van der Waals surface area (Å²) in [4.78, 5) is 19.3. The summed E-state index contributed by atoms with van der Waals surface area (Å²) in [7, 11) is 3.54. The number of benzene rings is 1. The van der Waals surface area contributed by atoms with Gasteiger partial charge in [-0.2, -0.15) is 0 Å². The van der Waals surface area contributed by atoms with Crippen molar-refractivity contribution < 1.29 is 19.5 Å². The van der Waals surface area contributed by atoms with Crippen LogP contribution in [0, 0.1) is 3.57 Å². The molecule has 0 amide bonds. The van der Waals surface area contributed by atoms with E-state index in [9.17, 15) is 9.90 Å². The normalized spacial score (nSPS) is 17.0. The van der Waals surface area contributed by atoms with Gasteiger partial charge >= 0.3 is 5.97 Å². The van der Waals surface area contributed by atoms with Crippen LogP contribution >= 0.6 is 33.9 Å². The average Bonchev–Trinajstić information content (AvgIpc) is 2.92. The molecular weight excluding hydrogens is 439 g/mol. The van der Waals surface area contributed by atoms with Crippen molar-refractivity contribution in [3.8, 4) is 5.75 Å². The number of carbonyl (C=O) groups is 1. The van der Waals surface area contributed by atoms with E-state index in [4.69, 9.17) is 4.74 Å². The summed E-state index contributed by atoms with van der Waals surface area (Å²) in [5, 5.41) is 10.6. The highest BCUT2D eigenvalue weighted by molar-refractivity contribution is 14.1. The lowest BCUT2D eigenvalue weighted by molar-refractivity contribution is -0.895. The maximum absolute atomic E-state index is 12.2. The smallest absolute Gasteiger partial charge is 0.341 e. The molecule has 24 heavy (non-hydrogen) atoms. The summed E-state index contributed by atoms with van der Waals surface area (Å²) >= 11 is 3.72. The molecule has 126 valence electrons. The number of aromatic hydroxyl groups is 1.